The Bertz CT molecular complexity index is 383. The van der Waals surface area contributed by atoms with Crippen LogP contribution in [0, 0.1) is 5.88 Å². The first-order valence-corrected chi connectivity index (χ1v) is 4.69. The molecule has 1 aliphatic heterocycles. The van der Waals surface area contributed by atoms with Crippen molar-refractivity contribution in [2.24, 2.45) is 0 Å². The third-order valence-corrected chi connectivity index (χ3v) is 2.96. The Morgan fingerprint density at radius 1 is 1.18 bits per heavy atom. The molecule has 1 aliphatic rings. The smallest absolute Gasteiger partial charge is 0.204 e. The summed E-state index contributed by atoms with van der Waals surface area (Å²) in [5.74, 6) is 1.11. The molecule has 57 valence electrons. The molecule has 4 heteroatoms. The molecule has 0 saturated heterocycles. The maximum Gasteiger partial charge on any atom is 0.204 e. The maximum atomic E-state index is 11.1. The van der Waals surface area contributed by atoms with E-state index in [-0.39, 0.29) is 0 Å². The number of hydrogen-bond acceptors (Lipinski definition) is 3. The molecule has 0 saturated carbocycles. The van der Waals surface area contributed by atoms with Crippen molar-refractivity contribution in [1.82, 2.24) is 0 Å². The van der Waals surface area contributed by atoms with Crippen LogP contribution >= 0.6 is 0 Å². The Labute approximate surface area is 65.0 Å². The van der Waals surface area contributed by atoms with Crippen LogP contribution in [0.1, 0.15) is 0 Å². The summed E-state index contributed by atoms with van der Waals surface area (Å²) in [6.07, 6.45) is 0. The lowest BCUT2D eigenvalue weighted by Crippen LogP contribution is -1.95. The largest absolute Gasteiger partial charge is 0.365 e. The average Bonchev–Trinajstić information content (AvgIpc) is 2.29. The molecule has 0 unspecified atom stereocenters. The standard InChI is InChI=1S/C7H6NO2S/c9-11(10)5-8-6-3-1-2-4-7(6)11/h1-5,8H. The van der Waals surface area contributed by atoms with Crippen LogP contribution in [0.25, 0.3) is 0 Å². The zero-order valence-electron chi connectivity index (χ0n) is 5.61. The van der Waals surface area contributed by atoms with Gasteiger partial charge in [0.05, 0.1) is 10.6 Å². The number of sulfone groups is 1. The zero-order valence-corrected chi connectivity index (χ0v) is 6.43. The van der Waals surface area contributed by atoms with Gasteiger partial charge in [-0.2, -0.15) is 0 Å². The molecular formula is C7H6NO2S. The first-order valence-electron chi connectivity index (χ1n) is 3.14. The minimum atomic E-state index is -3.14. The van der Waals surface area contributed by atoms with Crippen LogP contribution in [-0.2, 0) is 9.84 Å². The quantitative estimate of drug-likeness (QED) is 0.628. The van der Waals surface area contributed by atoms with E-state index in [9.17, 15) is 8.42 Å². The SMILES string of the molecule is O=S1(=O)[CH]Nc2ccccc21. The molecule has 0 aliphatic carbocycles. The lowest BCUT2D eigenvalue weighted by molar-refractivity contribution is 0.604. The van der Waals surface area contributed by atoms with Crippen molar-refractivity contribution in [3.05, 3.63) is 30.1 Å². The fourth-order valence-electron chi connectivity index (χ4n) is 1.04. The van der Waals surface area contributed by atoms with Crippen LogP contribution in [0.4, 0.5) is 5.69 Å². The molecule has 0 amide bonds. The maximum absolute atomic E-state index is 11.1. The molecule has 1 aromatic carbocycles. The molecule has 1 aromatic rings. The van der Waals surface area contributed by atoms with Crippen molar-refractivity contribution in [3.8, 4) is 0 Å². The third kappa shape index (κ3) is 0.903. The molecule has 2 rings (SSSR count). The highest BCUT2D eigenvalue weighted by molar-refractivity contribution is 7.94. The monoisotopic (exact) mass is 168 g/mol. The summed E-state index contributed by atoms with van der Waals surface area (Å²) in [6, 6.07) is 6.81. The van der Waals surface area contributed by atoms with Crippen LogP contribution in [0.5, 0.6) is 0 Å². The highest BCUT2D eigenvalue weighted by Gasteiger charge is 2.25. The molecule has 1 heterocycles. The predicted octanol–water partition coefficient (Wildman–Crippen LogP) is 1.01. The number of fused-ring (bicyclic) bond motifs is 1. The van der Waals surface area contributed by atoms with E-state index in [0.717, 1.165) is 5.88 Å². The van der Waals surface area contributed by atoms with Crippen molar-refractivity contribution in [3.63, 3.8) is 0 Å². The van der Waals surface area contributed by atoms with Crippen molar-refractivity contribution >= 4 is 15.5 Å². The second kappa shape index (κ2) is 1.98. The second-order valence-electron chi connectivity index (χ2n) is 2.30. The zero-order chi connectivity index (χ0) is 7.90. The first-order chi connectivity index (χ1) is 5.20. The van der Waals surface area contributed by atoms with Crippen molar-refractivity contribution in [1.29, 1.82) is 0 Å². The lowest BCUT2D eigenvalue weighted by Gasteiger charge is -1.92. The van der Waals surface area contributed by atoms with Gasteiger partial charge < -0.3 is 5.32 Å². The molecule has 0 spiro atoms. The lowest BCUT2D eigenvalue weighted by atomic mass is 10.3. The summed E-state index contributed by atoms with van der Waals surface area (Å²) >= 11 is 0. The number of anilines is 1. The van der Waals surface area contributed by atoms with E-state index in [1.807, 2.05) is 0 Å². The number of para-hydroxylation sites is 1. The van der Waals surface area contributed by atoms with E-state index in [1.165, 1.54) is 0 Å². The van der Waals surface area contributed by atoms with E-state index in [1.54, 1.807) is 24.3 Å². The summed E-state index contributed by atoms with van der Waals surface area (Å²) in [4.78, 5) is 0.361. The number of nitrogens with one attached hydrogen (secondary N) is 1. The predicted molar refractivity (Wildman–Crippen MR) is 41.6 cm³/mol. The van der Waals surface area contributed by atoms with Gasteiger partial charge in [-0.1, -0.05) is 12.1 Å². The van der Waals surface area contributed by atoms with Gasteiger partial charge in [-0.25, -0.2) is 8.42 Å². The molecule has 1 radical (unpaired) electrons. The topological polar surface area (TPSA) is 46.2 Å². The highest BCUT2D eigenvalue weighted by Crippen LogP contribution is 2.29. The van der Waals surface area contributed by atoms with Gasteiger partial charge >= 0.3 is 0 Å². The Morgan fingerprint density at radius 3 is 2.64 bits per heavy atom. The van der Waals surface area contributed by atoms with Gasteiger partial charge in [-0.3, -0.25) is 0 Å². The summed E-state index contributed by atoms with van der Waals surface area (Å²) in [5, 5.41) is 2.68. The van der Waals surface area contributed by atoms with Gasteiger partial charge in [0.15, 0.2) is 5.88 Å². The van der Waals surface area contributed by atoms with E-state index in [0.29, 0.717) is 10.6 Å². The number of rotatable bonds is 0. The molecule has 0 atom stereocenters. The molecular weight excluding hydrogens is 162 g/mol. The van der Waals surface area contributed by atoms with Gasteiger partial charge in [0.2, 0.25) is 9.84 Å². The van der Waals surface area contributed by atoms with E-state index in [2.05, 4.69) is 5.32 Å². The summed E-state index contributed by atoms with van der Waals surface area (Å²) in [6.45, 7) is 0. The summed E-state index contributed by atoms with van der Waals surface area (Å²) in [5.41, 5.74) is 0.660. The number of hydrogen-bond donors (Lipinski definition) is 1. The minimum absolute atomic E-state index is 0.361. The summed E-state index contributed by atoms with van der Waals surface area (Å²) < 4.78 is 22.3. The van der Waals surface area contributed by atoms with Gasteiger partial charge in [0, 0.05) is 0 Å². The molecule has 0 aromatic heterocycles. The van der Waals surface area contributed by atoms with E-state index < -0.39 is 9.84 Å². The van der Waals surface area contributed by atoms with Crippen molar-refractivity contribution < 1.29 is 8.42 Å². The Hall–Kier alpha value is -1.03. The molecule has 0 bridgehead atoms. The van der Waals surface area contributed by atoms with Crippen LogP contribution in [0.15, 0.2) is 29.2 Å². The molecule has 11 heavy (non-hydrogen) atoms. The van der Waals surface area contributed by atoms with Gasteiger partial charge in [0.1, 0.15) is 0 Å². The van der Waals surface area contributed by atoms with E-state index >= 15 is 0 Å². The highest BCUT2D eigenvalue weighted by atomic mass is 32.2. The van der Waals surface area contributed by atoms with Crippen LogP contribution in [-0.4, -0.2) is 8.42 Å². The normalized spacial score (nSPS) is 18.9. The van der Waals surface area contributed by atoms with Gasteiger partial charge in [0.25, 0.3) is 0 Å². The average molecular weight is 168 g/mol. The fraction of sp³-hybridized carbons (Fsp3) is 0. The first kappa shape index (κ1) is 6.67. The van der Waals surface area contributed by atoms with Crippen LogP contribution in [0.2, 0.25) is 0 Å². The van der Waals surface area contributed by atoms with Crippen molar-refractivity contribution in [2.75, 3.05) is 5.32 Å². The fourth-order valence-corrected chi connectivity index (χ4v) is 2.15. The van der Waals surface area contributed by atoms with Gasteiger partial charge in [-0.15, -0.1) is 0 Å². The van der Waals surface area contributed by atoms with E-state index in [4.69, 9.17) is 0 Å². The third-order valence-electron chi connectivity index (χ3n) is 1.56. The Kier molecular flexibility index (Phi) is 1.20. The Balaban J connectivity index is 2.75. The van der Waals surface area contributed by atoms with Crippen LogP contribution in [0.3, 0.4) is 0 Å². The van der Waals surface area contributed by atoms with Crippen molar-refractivity contribution in [2.45, 2.75) is 4.90 Å². The second-order valence-corrected chi connectivity index (χ2v) is 4.07. The minimum Gasteiger partial charge on any atom is -0.365 e. The van der Waals surface area contributed by atoms with Crippen LogP contribution < -0.4 is 5.32 Å². The molecule has 1 N–H and O–H groups in total. The summed E-state index contributed by atoms with van der Waals surface area (Å²) in [7, 11) is -3.14. The number of benzene rings is 1. The van der Waals surface area contributed by atoms with Gasteiger partial charge in [-0.05, 0) is 12.1 Å². The molecule has 3 nitrogen and oxygen atoms in total. The Morgan fingerprint density at radius 2 is 1.91 bits per heavy atom. The molecule has 0 fully saturated rings.